The minimum atomic E-state index is -0.0228. The zero-order valence-electron chi connectivity index (χ0n) is 13.1. The van der Waals surface area contributed by atoms with Gasteiger partial charge in [-0.15, -0.1) is 0 Å². The number of rotatable bonds is 5. The van der Waals surface area contributed by atoms with Crippen molar-refractivity contribution in [3.63, 3.8) is 0 Å². The minimum Gasteiger partial charge on any atom is -0.381 e. The number of pyridine rings is 1. The Balaban J connectivity index is 2.14. The van der Waals surface area contributed by atoms with Crippen molar-refractivity contribution in [1.82, 2.24) is 10.3 Å². The van der Waals surface area contributed by atoms with E-state index in [9.17, 15) is 4.79 Å². The summed E-state index contributed by atoms with van der Waals surface area (Å²) >= 11 is 0. The van der Waals surface area contributed by atoms with E-state index in [0.717, 1.165) is 44.1 Å². The van der Waals surface area contributed by atoms with Gasteiger partial charge >= 0.3 is 0 Å². The van der Waals surface area contributed by atoms with Crippen LogP contribution in [0.1, 0.15) is 55.6 Å². The highest BCUT2D eigenvalue weighted by Gasteiger charge is 2.18. The van der Waals surface area contributed by atoms with Crippen LogP contribution in [0, 0.1) is 0 Å². The lowest BCUT2D eigenvalue weighted by Crippen LogP contribution is -2.39. The molecule has 0 aromatic carbocycles. The van der Waals surface area contributed by atoms with Crippen molar-refractivity contribution < 1.29 is 9.53 Å². The van der Waals surface area contributed by atoms with Crippen molar-refractivity contribution in [2.75, 3.05) is 25.1 Å². The molecule has 0 unspecified atom stereocenters. The summed E-state index contributed by atoms with van der Waals surface area (Å²) in [5.41, 5.74) is 1.61. The molecule has 2 heterocycles. The molecular weight excluding hydrogens is 266 g/mol. The predicted molar refractivity (Wildman–Crippen MR) is 83.8 cm³/mol. The van der Waals surface area contributed by atoms with Crippen molar-refractivity contribution in [3.8, 4) is 0 Å². The van der Waals surface area contributed by atoms with Crippen LogP contribution in [0.4, 0.5) is 5.82 Å². The Hall–Kier alpha value is -1.62. The van der Waals surface area contributed by atoms with E-state index < -0.39 is 0 Å². The van der Waals surface area contributed by atoms with E-state index in [-0.39, 0.29) is 11.9 Å². The van der Waals surface area contributed by atoms with Gasteiger partial charge in [-0.25, -0.2) is 4.98 Å². The first-order chi connectivity index (χ1) is 10.1. The van der Waals surface area contributed by atoms with Crippen LogP contribution in [0.3, 0.4) is 0 Å². The van der Waals surface area contributed by atoms with Crippen molar-refractivity contribution in [2.24, 2.45) is 0 Å². The number of carbonyl (C=O) groups excluding carboxylic acids is 1. The zero-order valence-corrected chi connectivity index (χ0v) is 13.1. The van der Waals surface area contributed by atoms with Crippen LogP contribution in [0.15, 0.2) is 12.1 Å². The summed E-state index contributed by atoms with van der Waals surface area (Å²) in [5, 5.41) is 6.29. The van der Waals surface area contributed by atoms with E-state index in [1.807, 2.05) is 19.1 Å². The normalized spacial score (nSPS) is 16.0. The molecule has 21 heavy (non-hydrogen) atoms. The number of hydrogen-bond donors (Lipinski definition) is 2. The number of anilines is 1. The summed E-state index contributed by atoms with van der Waals surface area (Å²) in [6.07, 6.45) is 1.77. The Morgan fingerprint density at radius 1 is 1.38 bits per heavy atom. The quantitative estimate of drug-likeness (QED) is 0.875. The lowest BCUT2D eigenvalue weighted by molar-refractivity contribution is 0.0696. The number of hydrogen-bond acceptors (Lipinski definition) is 4. The molecule has 1 aliphatic rings. The number of nitrogens with one attached hydrogen (secondary N) is 2. The minimum absolute atomic E-state index is 0.0228. The van der Waals surface area contributed by atoms with Gasteiger partial charge in [-0.2, -0.15) is 0 Å². The Bertz CT molecular complexity index is 482. The van der Waals surface area contributed by atoms with Crippen molar-refractivity contribution in [1.29, 1.82) is 0 Å². The maximum absolute atomic E-state index is 12.4. The molecule has 1 saturated heterocycles. The van der Waals surface area contributed by atoms with Crippen LogP contribution >= 0.6 is 0 Å². The second-order valence-electron chi connectivity index (χ2n) is 5.71. The summed E-state index contributed by atoms with van der Waals surface area (Å²) < 4.78 is 5.32. The van der Waals surface area contributed by atoms with Crippen LogP contribution in [0.5, 0.6) is 0 Å². The van der Waals surface area contributed by atoms with E-state index in [4.69, 9.17) is 4.74 Å². The maximum atomic E-state index is 12.4. The van der Waals surface area contributed by atoms with Crippen LogP contribution in [-0.2, 0) is 4.74 Å². The van der Waals surface area contributed by atoms with Gasteiger partial charge in [0.15, 0.2) is 0 Å². The Labute approximate surface area is 126 Å². The van der Waals surface area contributed by atoms with Crippen molar-refractivity contribution in [2.45, 2.75) is 45.6 Å². The van der Waals surface area contributed by atoms with Gasteiger partial charge < -0.3 is 15.4 Å². The SMILES string of the molecule is CCNc1cc(C(=O)NC2CCOCC2)cc(C(C)C)n1. The smallest absolute Gasteiger partial charge is 0.251 e. The molecule has 1 aromatic heterocycles. The van der Waals surface area contributed by atoms with Gasteiger partial charge in [0, 0.05) is 37.1 Å². The molecule has 0 saturated carbocycles. The van der Waals surface area contributed by atoms with Gasteiger partial charge in [-0.3, -0.25) is 4.79 Å². The fourth-order valence-corrected chi connectivity index (χ4v) is 2.36. The molecule has 1 fully saturated rings. The highest BCUT2D eigenvalue weighted by molar-refractivity contribution is 5.95. The van der Waals surface area contributed by atoms with E-state index in [1.165, 1.54) is 0 Å². The fraction of sp³-hybridized carbons (Fsp3) is 0.625. The molecule has 1 aromatic rings. The maximum Gasteiger partial charge on any atom is 0.251 e. The van der Waals surface area contributed by atoms with Crippen LogP contribution < -0.4 is 10.6 Å². The second kappa shape index (κ2) is 7.41. The highest BCUT2D eigenvalue weighted by Crippen LogP contribution is 2.18. The molecule has 5 nitrogen and oxygen atoms in total. The van der Waals surface area contributed by atoms with Crippen LogP contribution in [0.25, 0.3) is 0 Å². The molecule has 0 radical (unpaired) electrons. The zero-order chi connectivity index (χ0) is 15.2. The number of aromatic nitrogens is 1. The van der Waals surface area contributed by atoms with Crippen LogP contribution in [-0.4, -0.2) is 36.7 Å². The summed E-state index contributed by atoms with van der Waals surface area (Å²) in [4.78, 5) is 17.0. The van der Waals surface area contributed by atoms with Crippen molar-refractivity contribution >= 4 is 11.7 Å². The summed E-state index contributed by atoms with van der Waals surface area (Å²) in [6, 6.07) is 3.93. The average molecular weight is 291 g/mol. The first-order valence-corrected chi connectivity index (χ1v) is 7.74. The average Bonchev–Trinajstić information content (AvgIpc) is 2.48. The van der Waals surface area contributed by atoms with Gasteiger partial charge in [-0.05, 0) is 37.8 Å². The summed E-state index contributed by atoms with van der Waals surface area (Å²) in [7, 11) is 0. The predicted octanol–water partition coefficient (Wildman–Crippen LogP) is 2.55. The summed E-state index contributed by atoms with van der Waals surface area (Å²) in [6.45, 7) is 8.42. The molecular formula is C16H25N3O2. The molecule has 0 atom stereocenters. The number of carbonyl (C=O) groups is 1. The molecule has 0 spiro atoms. The molecule has 0 aliphatic carbocycles. The molecule has 1 aliphatic heterocycles. The first-order valence-electron chi connectivity index (χ1n) is 7.74. The van der Waals surface area contributed by atoms with Gasteiger partial charge in [0.05, 0.1) is 0 Å². The third-order valence-electron chi connectivity index (χ3n) is 3.61. The molecule has 5 heteroatoms. The first kappa shape index (κ1) is 15.8. The van der Waals surface area contributed by atoms with Gasteiger partial charge in [0.1, 0.15) is 5.82 Å². The molecule has 0 bridgehead atoms. The molecule has 2 rings (SSSR count). The number of amides is 1. The molecule has 1 amide bonds. The molecule has 116 valence electrons. The standard InChI is InChI=1S/C16H25N3O2/c1-4-17-15-10-12(9-14(19-15)11(2)3)16(20)18-13-5-7-21-8-6-13/h9-11,13H,4-8H2,1-3H3,(H,17,19)(H,18,20). The topological polar surface area (TPSA) is 63.2 Å². The van der Waals surface area contributed by atoms with Crippen molar-refractivity contribution in [3.05, 3.63) is 23.4 Å². The van der Waals surface area contributed by atoms with Gasteiger partial charge in [0.2, 0.25) is 0 Å². The Kier molecular flexibility index (Phi) is 5.56. The third kappa shape index (κ3) is 4.43. The fourth-order valence-electron chi connectivity index (χ4n) is 2.36. The third-order valence-corrected chi connectivity index (χ3v) is 3.61. The van der Waals surface area contributed by atoms with Gasteiger partial charge in [-0.1, -0.05) is 13.8 Å². The van der Waals surface area contributed by atoms with E-state index in [0.29, 0.717) is 11.5 Å². The largest absolute Gasteiger partial charge is 0.381 e. The van der Waals surface area contributed by atoms with Crippen LogP contribution in [0.2, 0.25) is 0 Å². The molecule has 2 N–H and O–H groups in total. The summed E-state index contributed by atoms with van der Waals surface area (Å²) in [5.74, 6) is 1.03. The number of nitrogens with zero attached hydrogens (tertiary/aromatic N) is 1. The van der Waals surface area contributed by atoms with E-state index >= 15 is 0 Å². The lowest BCUT2D eigenvalue weighted by Gasteiger charge is -2.23. The Morgan fingerprint density at radius 3 is 2.71 bits per heavy atom. The highest BCUT2D eigenvalue weighted by atomic mass is 16.5. The lowest BCUT2D eigenvalue weighted by atomic mass is 10.1. The van der Waals surface area contributed by atoms with E-state index in [2.05, 4.69) is 29.5 Å². The monoisotopic (exact) mass is 291 g/mol. The van der Waals surface area contributed by atoms with E-state index in [1.54, 1.807) is 0 Å². The second-order valence-corrected chi connectivity index (χ2v) is 5.71. The number of ether oxygens (including phenoxy) is 1. The van der Waals surface area contributed by atoms with Gasteiger partial charge in [0.25, 0.3) is 5.91 Å². The Morgan fingerprint density at radius 2 is 2.10 bits per heavy atom.